The van der Waals surface area contributed by atoms with E-state index >= 15 is 0 Å². The Labute approximate surface area is 203 Å². The Morgan fingerprint density at radius 3 is 2.43 bits per heavy atom. The number of fused-ring (bicyclic) bond motifs is 2. The molecule has 4 aromatic rings. The summed E-state index contributed by atoms with van der Waals surface area (Å²) in [6, 6.07) is 21.5. The Kier molecular flexibility index (Phi) is 6.05. The molecule has 0 radical (unpaired) electrons. The number of hydrogen-bond donors (Lipinski definition) is 0. The van der Waals surface area contributed by atoms with Gasteiger partial charge in [-0.3, -0.25) is 4.31 Å². The largest absolute Gasteiger partial charge is 0.456 e. The van der Waals surface area contributed by atoms with Crippen LogP contribution in [0.1, 0.15) is 22.5 Å². The lowest BCUT2D eigenvalue weighted by Gasteiger charge is -2.19. The van der Waals surface area contributed by atoms with E-state index in [1.54, 1.807) is 30.3 Å². The molecule has 1 aliphatic heterocycles. The van der Waals surface area contributed by atoms with Crippen molar-refractivity contribution >= 4 is 38.8 Å². The van der Waals surface area contributed by atoms with Crippen LogP contribution < -0.4 is 4.31 Å². The number of hydrogen-bond acceptors (Lipinski definition) is 6. The highest BCUT2D eigenvalue weighted by atomic mass is 32.2. The van der Waals surface area contributed by atoms with E-state index in [4.69, 9.17) is 4.74 Å². The molecule has 0 atom stereocenters. The number of rotatable bonds is 6. The minimum atomic E-state index is -3.65. The highest BCUT2D eigenvalue weighted by Crippen LogP contribution is 2.32. The molecule has 176 valence electrons. The van der Waals surface area contributed by atoms with Crippen molar-refractivity contribution < 1.29 is 17.9 Å². The van der Waals surface area contributed by atoms with Crippen molar-refractivity contribution in [2.45, 2.75) is 24.8 Å². The molecule has 0 aliphatic carbocycles. The highest BCUT2D eigenvalue weighted by molar-refractivity contribution is 7.92. The minimum Gasteiger partial charge on any atom is -0.456 e. The van der Waals surface area contributed by atoms with Crippen molar-refractivity contribution in [1.82, 2.24) is 9.97 Å². The lowest BCUT2D eigenvalue weighted by molar-refractivity contribution is -0.139. The van der Waals surface area contributed by atoms with E-state index in [0.717, 1.165) is 22.3 Å². The third kappa shape index (κ3) is 4.65. The van der Waals surface area contributed by atoms with Crippen molar-refractivity contribution in [3.8, 4) is 0 Å². The van der Waals surface area contributed by atoms with Gasteiger partial charge in [0.15, 0.2) is 0 Å². The summed E-state index contributed by atoms with van der Waals surface area (Å²) in [4.78, 5) is 21.4. The first-order valence-corrected chi connectivity index (χ1v) is 12.6. The third-order valence-corrected chi connectivity index (χ3v) is 7.75. The molecule has 3 aromatic carbocycles. The molecule has 0 spiro atoms. The van der Waals surface area contributed by atoms with Gasteiger partial charge in [0.2, 0.25) is 0 Å². The number of benzene rings is 3. The molecule has 1 aliphatic rings. The van der Waals surface area contributed by atoms with Crippen molar-refractivity contribution in [3.05, 3.63) is 101 Å². The molecule has 0 saturated heterocycles. The second-order valence-corrected chi connectivity index (χ2v) is 10.1. The maximum Gasteiger partial charge on any atom is 0.331 e. The van der Waals surface area contributed by atoms with Gasteiger partial charge in [-0.05, 0) is 60.9 Å². The molecule has 8 heteroatoms. The van der Waals surface area contributed by atoms with Crippen LogP contribution in [0.25, 0.3) is 17.1 Å². The molecule has 5 rings (SSSR count). The van der Waals surface area contributed by atoms with Crippen molar-refractivity contribution in [3.63, 3.8) is 0 Å². The summed E-state index contributed by atoms with van der Waals surface area (Å²) in [6.45, 7) is 2.27. The number of esters is 1. The molecule has 0 saturated carbocycles. The van der Waals surface area contributed by atoms with Crippen LogP contribution in [0.2, 0.25) is 0 Å². The number of aryl methyl sites for hydroxylation is 1. The number of para-hydroxylation sites is 3. The van der Waals surface area contributed by atoms with Gasteiger partial charge in [-0.15, -0.1) is 0 Å². The van der Waals surface area contributed by atoms with Gasteiger partial charge in [0.1, 0.15) is 6.61 Å². The van der Waals surface area contributed by atoms with E-state index < -0.39 is 16.0 Å². The van der Waals surface area contributed by atoms with Crippen LogP contribution in [0.4, 0.5) is 5.69 Å². The fourth-order valence-electron chi connectivity index (χ4n) is 4.05. The Hall–Kier alpha value is -4.04. The van der Waals surface area contributed by atoms with E-state index in [0.29, 0.717) is 29.9 Å². The average Bonchev–Trinajstić information content (AvgIpc) is 3.31. The normalized spacial score (nSPS) is 13.3. The molecule has 7 nitrogen and oxygen atoms in total. The second-order valence-electron chi connectivity index (χ2n) is 8.21. The minimum absolute atomic E-state index is 0.0152. The van der Waals surface area contributed by atoms with Gasteiger partial charge < -0.3 is 4.74 Å². The molecule has 0 N–H and O–H groups in total. The Balaban J connectivity index is 1.23. The third-order valence-electron chi connectivity index (χ3n) is 5.92. The topological polar surface area (TPSA) is 89.5 Å². The SMILES string of the molecule is Cc1nc2ccccc2nc1COC(=O)/C=C/c1ccc(S(=O)(=O)N2CCc3ccccc32)cc1. The molecular formula is C27H23N3O4S. The van der Waals surface area contributed by atoms with Gasteiger partial charge in [-0.25, -0.2) is 23.2 Å². The molecule has 0 unspecified atom stereocenters. The fraction of sp³-hybridized carbons (Fsp3) is 0.148. The summed E-state index contributed by atoms with van der Waals surface area (Å²) in [5.74, 6) is -0.523. The number of carbonyl (C=O) groups excluding carboxylic acids is 1. The summed E-state index contributed by atoms with van der Waals surface area (Å²) < 4.78 is 33.0. The van der Waals surface area contributed by atoms with Gasteiger partial charge in [0.25, 0.3) is 10.0 Å². The molecular weight excluding hydrogens is 462 g/mol. The van der Waals surface area contributed by atoms with E-state index in [1.165, 1.54) is 10.4 Å². The molecule has 0 fully saturated rings. The Bertz CT molecular complexity index is 1550. The Morgan fingerprint density at radius 2 is 1.66 bits per heavy atom. The number of ether oxygens (including phenoxy) is 1. The van der Waals surface area contributed by atoms with Crippen molar-refractivity contribution in [2.24, 2.45) is 0 Å². The van der Waals surface area contributed by atoms with E-state index in [1.807, 2.05) is 55.5 Å². The summed E-state index contributed by atoms with van der Waals surface area (Å²) in [7, 11) is -3.65. The zero-order chi connectivity index (χ0) is 24.4. The van der Waals surface area contributed by atoms with E-state index in [9.17, 15) is 13.2 Å². The van der Waals surface area contributed by atoms with Crippen LogP contribution in [-0.4, -0.2) is 30.9 Å². The number of carbonyl (C=O) groups is 1. The van der Waals surface area contributed by atoms with Gasteiger partial charge in [0, 0.05) is 12.6 Å². The predicted molar refractivity (Wildman–Crippen MR) is 134 cm³/mol. The zero-order valence-electron chi connectivity index (χ0n) is 19.1. The van der Waals surface area contributed by atoms with Gasteiger partial charge in [-0.2, -0.15) is 0 Å². The number of sulfonamides is 1. The molecule has 0 bridgehead atoms. The Morgan fingerprint density at radius 1 is 0.971 bits per heavy atom. The number of nitrogens with zero attached hydrogens (tertiary/aromatic N) is 3. The predicted octanol–water partition coefficient (Wildman–Crippen LogP) is 4.45. The summed E-state index contributed by atoms with van der Waals surface area (Å²) >= 11 is 0. The average molecular weight is 486 g/mol. The fourth-order valence-corrected chi connectivity index (χ4v) is 5.55. The second kappa shape index (κ2) is 9.31. The lowest BCUT2D eigenvalue weighted by Crippen LogP contribution is -2.29. The first-order chi connectivity index (χ1) is 16.9. The standard InChI is InChI=1S/C27H23N3O4S/c1-19-25(29-24-8-4-3-7-23(24)28-19)18-34-27(31)15-12-20-10-13-22(14-11-20)35(32,33)30-17-16-21-6-2-5-9-26(21)30/h2-15H,16-18H2,1H3/b15-12+. The van der Waals surface area contributed by atoms with Gasteiger partial charge in [-0.1, -0.05) is 42.5 Å². The van der Waals surface area contributed by atoms with Gasteiger partial charge >= 0.3 is 5.97 Å². The molecule has 35 heavy (non-hydrogen) atoms. The first-order valence-electron chi connectivity index (χ1n) is 11.2. The van der Waals surface area contributed by atoms with Gasteiger partial charge in [0.05, 0.1) is 33.0 Å². The van der Waals surface area contributed by atoms with Crippen LogP contribution in [0, 0.1) is 6.92 Å². The van der Waals surface area contributed by atoms with E-state index in [-0.39, 0.29) is 11.5 Å². The van der Waals surface area contributed by atoms with Crippen LogP contribution in [-0.2, 0) is 32.6 Å². The van der Waals surface area contributed by atoms with Crippen LogP contribution in [0.5, 0.6) is 0 Å². The monoisotopic (exact) mass is 485 g/mol. The maximum atomic E-state index is 13.1. The molecule has 2 heterocycles. The smallest absolute Gasteiger partial charge is 0.331 e. The molecule has 0 amide bonds. The summed E-state index contributed by atoms with van der Waals surface area (Å²) in [6.07, 6.45) is 3.59. The van der Waals surface area contributed by atoms with Crippen LogP contribution in [0.3, 0.4) is 0 Å². The quantitative estimate of drug-likeness (QED) is 0.296. The number of aromatic nitrogens is 2. The number of anilines is 1. The summed E-state index contributed by atoms with van der Waals surface area (Å²) in [5.41, 5.74) is 5.28. The molecule has 1 aromatic heterocycles. The van der Waals surface area contributed by atoms with Crippen LogP contribution in [0.15, 0.2) is 83.8 Å². The lowest BCUT2D eigenvalue weighted by atomic mass is 10.2. The van der Waals surface area contributed by atoms with Crippen molar-refractivity contribution in [2.75, 3.05) is 10.8 Å². The van der Waals surface area contributed by atoms with Crippen LogP contribution >= 0.6 is 0 Å². The maximum absolute atomic E-state index is 13.1. The van der Waals surface area contributed by atoms with E-state index in [2.05, 4.69) is 9.97 Å². The first kappa shape index (κ1) is 22.7. The van der Waals surface area contributed by atoms with Crippen molar-refractivity contribution in [1.29, 1.82) is 0 Å². The summed E-state index contributed by atoms with van der Waals surface area (Å²) in [5, 5.41) is 0. The zero-order valence-corrected chi connectivity index (χ0v) is 19.9. The highest BCUT2D eigenvalue weighted by Gasteiger charge is 2.30.